The van der Waals surface area contributed by atoms with Crippen molar-refractivity contribution < 1.29 is 22.8 Å². The lowest BCUT2D eigenvalue weighted by molar-refractivity contribution is -0.137. The van der Waals surface area contributed by atoms with Gasteiger partial charge in [-0.3, -0.25) is 24.3 Å². The number of hydrogen-bond acceptors (Lipinski definition) is 6. The van der Waals surface area contributed by atoms with Crippen molar-refractivity contribution in [1.82, 2.24) is 14.8 Å². The fraction of sp³-hybridized carbons (Fsp3) is 0.316. The fourth-order valence-electron chi connectivity index (χ4n) is 3.72. The molecular formula is C19H18F3N5O3. The number of carbonyl (C=O) groups is 2. The maximum absolute atomic E-state index is 13.4. The molecule has 0 aliphatic carbocycles. The number of carbonyl (C=O) groups excluding carboxylic acids is 2. The fourth-order valence-corrected chi connectivity index (χ4v) is 3.72. The summed E-state index contributed by atoms with van der Waals surface area (Å²) < 4.78 is 41.0. The number of halogens is 3. The smallest absolute Gasteiger partial charge is 0.384 e. The van der Waals surface area contributed by atoms with E-state index in [0.717, 1.165) is 22.8 Å². The number of benzene rings is 1. The number of nitrogens with zero attached hydrogens (tertiary/aromatic N) is 3. The van der Waals surface area contributed by atoms with Crippen molar-refractivity contribution in [3.63, 3.8) is 0 Å². The van der Waals surface area contributed by atoms with E-state index in [9.17, 15) is 27.6 Å². The predicted molar refractivity (Wildman–Crippen MR) is 103 cm³/mol. The maximum atomic E-state index is 13.4. The number of fused-ring (bicyclic) bond motifs is 1. The van der Waals surface area contributed by atoms with E-state index in [-0.39, 0.29) is 22.6 Å². The molecule has 1 aromatic carbocycles. The Labute approximate surface area is 168 Å². The van der Waals surface area contributed by atoms with E-state index in [2.05, 4.69) is 4.90 Å². The van der Waals surface area contributed by atoms with Crippen molar-refractivity contribution in [2.45, 2.75) is 6.18 Å². The van der Waals surface area contributed by atoms with E-state index in [4.69, 9.17) is 5.73 Å². The van der Waals surface area contributed by atoms with E-state index in [1.165, 1.54) is 6.07 Å². The predicted octanol–water partition coefficient (Wildman–Crippen LogP) is 1.07. The second-order valence-electron chi connectivity index (χ2n) is 7.27. The number of nitrogen functional groups attached to an aromatic ring is 1. The van der Waals surface area contributed by atoms with Gasteiger partial charge in [0.25, 0.3) is 17.4 Å². The van der Waals surface area contributed by atoms with Crippen LogP contribution in [0.4, 0.5) is 24.7 Å². The summed E-state index contributed by atoms with van der Waals surface area (Å²) in [7, 11) is 1.93. The monoisotopic (exact) mass is 421 g/mol. The van der Waals surface area contributed by atoms with Gasteiger partial charge in [-0.15, -0.1) is 0 Å². The number of imide groups is 1. The van der Waals surface area contributed by atoms with Crippen LogP contribution in [0.1, 0.15) is 26.3 Å². The molecule has 0 spiro atoms. The van der Waals surface area contributed by atoms with Crippen LogP contribution in [0.25, 0.3) is 5.69 Å². The van der Waals surface area contributed by atoms with E-state index in [1.54, 1.807) is 0 Å². The molecule has 158 valence electrons. The van der Waals surface area contributed by atoms with E-state index < -0.39 is 29.1 Å². The van der Waals surface area contributed by atoms with Gasteiger partial charge in [0.2, 0.25) is 0 Å². The van der Waals surface area contributed by atoms with Gasteiger partial charge < -0.3 is 15.5 Å². The summed E-state index contributed by atoms with van der Waals surface area (Å²) in [6.45, 7) is 2.44. The van der Waals surface area contributed by atoms with Gasteiger partial charge >= 0.3 is 6.18 Å². The van der Waals surface area contributed by atoms with Crippen LogP contribution >= 0.6 is 0 Å². The van der Waals surface area contributed by atoms with Gasteiger partial charge in [-0.1, -0.05) is 0 Å². The molecule has 8 nitrogen and oxygen atoms in total. The number of hydrogen-bond donors (Lipinski definition) is 2. The highest BCUT2D eigenvalue weighted by Crippen LogP contribution is 2.36. The Bertz CT molecular complexity index is 1120. The summed E-state index contributed by atoms with van der Waals surface area (Å²) in [4.78, 5) is 40.7. The van der Waals surface area contributed by atoms with Crippen LogP contribution in [0.3, 0.4) is 0 Å². The van der Waals surface area contributed by atoms with Crippen molar-refractivity contribution in [1.29, 1.82) is 0 Å². The summed E-state index contributed by atoms with van der Waals surface area (Å²) in [5.41, 5.74) is 4.17. The number of nitrogens with one attached hydrogen (secondary N) is 1. The lowest BCUT2D eigenvalue weighted by atomic mass is 10.1. The number of piperazine rings is 1. The first-order valence-corrected chi connectivity index (χ1v) is 9.14. The van der Waals surface area contributed by atoms with Gasteiger partial charge in [-0.25, -0.2) is 0 Å². The first-order valence-electron chi connectivity index (χ1n) is 9.14. The summed E-state index contributed by atoms with van der Waals surface area (Å²) in [6, 6.07) is 4.00. The average Bonchev–Trinajstić information content (AvgIpc) is 2.95. The van der Waals surface area contributed by atoms with Crippen LogP contribution in [-0.2, 0) is 6.18 Å². The normalized spacial score (nSPS) is 17.3. The Kier molecular flexibility index (Phi) is 4.57. The molecule has 0 saturated carbocycles. The van der Waals surface area contributed by atoms with Crippen LogP contribution in [0.2, 0.25) is 0 Å². The van der Waals surface area contributed by atoms with Gasteiger partial charge in [0.1, 0.15) is 5.82 Å². The SMILES string of the molecule is CN1CCN(c2ccc(C(F)(F)F)cc2-n2c(N)c3c(cc2=O)C(=O)NC3=O)CC1. The molecule has 2 aliphatic heterocycles. The zero-order chi connectivity index (χ0) is 21.8. The lowest BCUT2D eigenvalue weighted by Gasteiger charge is -2.35. The van der Waals surface area contributed by atoms with E-state index in [0.29, 0.717) is 31.9 Å². The first-order chi connectivity index (χ1) is 14.1. The molecule has 30 heavy (non-hydrogen) atoms. The zero-order valence-corrected chi connectivity index (χ0v) is 15.9. The zero-order valence-electron chi connectivity index (χ0n) is 15.9. The summed E-state index contributed by atoms with van der Waals surface area (Å²) >= 11 is 0. The molecule has 0 radical (unpaired) electrons. The molecule has 2 aliphatic rings. The number of aromatic nitrogens is 1. The van der Waals surface area contributed by atoms with Crippen LogP contribution in [-0.4, -0.2) is 54.5 Å². The number of pyridine rings is 1. The standard InChI is InChI=1S/C19H18F3N5O3/c1-25-4-6-26(7-5-25)12-3-2-10(19(20,21)22)8-13(12)27-14(28)9-11-15(16(27)23)18(30)24-17(11)29/h2-3,8-9H,4-7,23H2,1H3,(H,24,29,30). The second kappa shape index (κ2) is 6.87. The highest BCUT2D eigenvalue weighted by atomic mass is 19.4. The molecule has 3 heterocycles. The highest BCUT2D eigenvalue weighted by molar-refractivity contribution is 6.23. The molecule has 4 rings (SSSR count). The molecule has 1 fully saturated rings. The molecule has 1 aromatic heterocycles. The number of rotatable bonds is 2. The number of nitrogens with two attached hydrogens (primary N) is 1. The van der Waals surface area contributed by atoms with E-state index >= 15 is 0 Å². The maximum Gasteiger partial charge on any atom is 0.416 e. The third-order valence-corrected chi connectivity index (χ3v) is 5.34. The largest absolute Gasteiger partial charge is 0.416 e. The number of anilines is 2. The van der Waals surface area contributed by atoms with Crippen LogP contribution in [0.15, 0.2) is 29.1 Å². The topological polar surface area (TPSA) is 101 Å². The highest BCUT2D eigenvalue weighted by Gasteiger charge is 2.35. The Morgan fingerprint density at radius 3 is 2.27 bits per heavy atom. The van der Waals surface area contributed by atoms with Crippen LogP contribution < -0.4 is 21.5 Å². The molecule has 0 atom stereocenters. The van der Waals surface area contributed by atoms with Crippen LogP contribution in [0.5, 0.6) is 0 Å². The minimum absolute atomic E-state index is 0.0909. The summed E-state index contributed by atoms with van der Waals surface area (Å²) in [5.74, 6) is -1.95. The van der Waals surface area contributed by atoms with Crippen molar-refractivity contribution in [3.8, 4) is 5.69 Å². The molecule has 1 saturated heterocycles. The molecule has 0 unspecified atom stereocenters. The number of likely N-dealkylation sites (N-methyl/N-ethyl adjacent to an activating group) is 1. The van der Waals surface area contributed by atoms with Gasteiger partial charge in [-0.2, -0.15) is 13.2 Å². The van der Waals surface area contributed by atoms with Crippen molar-refractivity contribution in [3.05, 3.63) is 51.3 Å². The van der Waals surface area contributed by atoms with Gasteiger partial charge in [0.05, 0.1) is 28.1 Å². The Morgan fingerprint density at radius 1 is 0.967 bits per heavy atom. The van der Waals surface area contributed by atoms with Crippen molar-refractivity contribution >= 4 is 23.3 Å². The number of alkyl halides is 3. The van der Waals surface area contributed by atoms with E-state index in [1.807, 2.05) is 17.3 Å². The lowest BCUT2D eigenvalue weighted by Crippen LogP contribution is -2.45. The summed E-state index contributed by atoms with van der Waals surface area (Å²) in [5, 5.41) is 2.04. The van der Waals surface area contributed by atoms with Crippen molar-refractivity contribution in [2.24, 2.45) is 0 Å². The van der Waals surface area contributed by atoms with Gasteiger partial charge in [-0.05, 0) is 25.2 Å². The second-order valence-corrected chi connectivity index (χ2v) is 7.27. The molecule has 3 N–H and O–H groups in total. The van der Waals surface area contributed by atoms with Gasteiger partial charge in [0.15, 0.2) is 0 Å². The first kappa shape index (κ1) is 20.0. The third kappa shape index (κ3) is 3.20. The minimum atomic E-state index is -4.64. The van der Waals surface area contributed by atoms with Gasteiger partial charge in [0, 0.05) is 32.2 Å². The van der Waals surface area contributed by atoms with Crippen molar-refractivity contribution in [2.75, 3.05) is 43.9 Å². The summed E-state index contributed by atoms with van der Waals surface area (Å²) in [6.07, 6.45) is -4.64. The molecule has 2 amide bonds. The Morgan fingerprint density at radius 2 is 1.63 bits per heavy atom. The average molecular weight is 421 g/mol. The Balaban J connectivity index is 1.96. The van der Waals surface area contributed by atoms with Crippen LogP contribution in [0, 0.1) is 0 Å². The number of amides is 2. The minimum Gasteiger partial charge on any atom is -0.384 e. The third-order valence-electron chi connectivity index (χ3n) is 5.34. The Hall–Kier alpha value is -3.34. The molecular weight excluding hydrogens is 403 g/mol. The molecule has 0 bridgehead atoms. The molecule has 11 heteroatoms. The quantitative estimate of drug-likeness (QED) is 0.704. The molecule has 2 aromatic rings.